The molecule has 0 unspecified atom stereocenters. The molecule has 2 aromatic carbocycles. The van der Waals surface area contributed by atoms with Gasteiger partial charge in [0.25, 0.3) is 0 Å². The molecular formula is C23H27ClF3N3O3. The molecule has 33 heavy (non-hydrogen) atoms. The molecule has 0 aromatic heterocycles. The molecule has 1 N–H and O–H groups in total. The van der Waals surface area contributed by atoms with E-state index in [-0.39, 0.29) is 18.1 Å². The first kappa shape index (κ1) is 25.1. The molecule has 1 aliphatic heterocycles. The first-order valence-corrected chi connectivity index (χ1v) is 11.0. The fourth-order valence-corrected chi connectivity index (χ4v) is 3.77. The van der Waals surface area contributed by atoms with Crippen LogP contribution in [0.15, 0.2) is 42.5 Å². The van der Waals surface area contributed by atoms with E-state index < -0.39 is 16.8 Å². The van der Waals surface area contributed by atoms with Gasteiger partial charge in [-0.25, -0.2) is 0 Å². The Labute approximate surface area is 196 Å². The van der Waals surface area contributed by atoms with Crippen LogP contribution in [-0.2, 0) is 11.0 Å². The topological polar surface area (TPSA) is 54.0 Å². The molecule has 180 valence electrons. The van der Waals surface area contributed by atoms with Gasteiger partial charge in [0.05, 0.1) is 30.8 Å². The van der Waals surface area contributed by atoms with Gasteiger partial charge in [0.15, 0.2) is 0 Å². The zero-order chi connectivity index (χ0) is 23.8. The summed E-state index contributed by atoms with van der Waals surface area (Å²) in [4.78, 5) is 16.6. The van der Waals surface area contributed by atoms with Crippen molar-refractivity contribution in [1.29, 1.82) is 0 Å². The molecule has 1 amide bonds. The Kier molecular flexibility index (Phi) is 8.82. The van der Waals surface area contributed by atoms with Crippen LogP contribution in [0.4, 0.5) is 18.9 Å². The number of nitrogens with one attached hydrogen (secondary N) is 1. The lowest BCUT2D eigenvalue weighted by atomic mass is 10.2. The quantitative estimate of drug-likeness (QED) is 0.534. The highest BCUT2D eigenvalue weighted by Crippen LogP contribution is 2.36. The SMILES string of the molecule is COc1ccc(OCCCN2CCN(CC(=O)Nc3ccc(Cl)c(C(F)(F)F)c3)CC2)cc1. The minimum absolute atomic E-state index is 0.0761. The van der Waals surface area contributed by atoms with Crippen LogP contribution in [0.2, 0.25) is 5.02 Å². The lowest BCUT2D eigenvalue weighted by Gasteiger charge is -2.34. The molecule has 0 bridgehead atoms. The molecule has 0 radical (unpaired) electrons. The summed E-state index contributed by atoms with van der Waals surface area (Å²) in [6.07, 6.45) is -3.70. The van der Waals surface area contributed by atoms with Crippen molar-refractivity contribution in [2.75, 3.05) is 58.3 Å². The molecule has 0 spiro atoms. The summed E-state index contributed by atoms with van der Waals surface area (Å²) in [5.41, 5.74) is -0.890. The summed E-state index contributed by atoms with van der Waals surface area (Å²) < 4.78 is 49.8. The summed E-state index contributed by atoms with van der Waals surface area (Å²) >= 11 is 5.62. The number of hydrogen-bond acceptors (Lipinski definition) is 5. The Morgan fingerprint density at radius 3 is 2.30 bits per heavy atom. The van der Waals surface area contributed by atoms with Gasteiger partial charge in [0, 0.05) is 38.4 Å². The van der Waals surface area contributed by atoms with Crippen LogP contribution in [0.1, 0.15) is 12.0 Å². The molecule has 1 aliphatic rings. The third-order valence-corrected chi connectivity index (χ3v) is 5.66. The number of ether oxygens (including phenoxy) is 2. The monoisotopic (exact) mass is 485 g/mol. The average molecular weight is 486 g/mol. The second kappa shape index (κ2) is 11.6. The second-order valence-corrected chi connectivity index (χ2v) is 8.14. The van der Waals surface area contributed by atoms with Crippen LogP contribution in [0.5, 0.6) is 11.5 Å². The van der Waals surface area contributed by atoms with Crippen molar-refractivity contribution in [2.24, 2.45) is 0 Å². The number of methoxy groups -OCH3 is 1. The fourth-order valence-electron chi connectivity index (χ4n) is 3.55. The number of anilines is 1. The standard InChI is InChI=1S/C23H27ClF3N3O3/c1-32-18-4-6-19(7-5-18)33-14-2-9-29-10-12-30(13-11-29)16-22(31)28-17-3-8-21(24)20(15-17)23(25,26)27/h3-8,15H,2,9-14,16H2,1H3,(H,28,31). The molecule has 3 rings (SSSR count). The van der Waals surface area contributed by atoms with E-state index in [1.54, 1.807) is 7.11 Å². The Bertz CT molecular complexity index is 917. The average Bonchev–Trinajstić information content (AvgIpc) is 2.78. The first-order valence-electron chi connectivity index (χ1n) is 10.6. The number of nitrogens with zero attached hydrogens (tertiary/aromatic N) is 2. The lowest BCUT2D eigenvalue weighted by molar-refractivity contribution is -0.137. The molecule has 10 heteroatoms. The predicted molar refractivity (Wildman–Crippen MR) is 121 cm³/mol. The van der Waals surface area contributed by atoms with Gasteiger partial charge in [-0.2, -0.15) is 13.2 Å². The van der Waals surface area contributed by atoms with E-state index in [0.717, 1.165) is 49.7 Å². The van der Waals surface area contributed by atoms with Gasteiger partial charge in [-0.1, -0.05) is 11.6 Å². The third kappa shape index (κ3) is 7.80. The summed E-state index contributed by atoms with van der Waals surface area (Å²) in [6.45, 7) is 4.67. The van der Waals surface area contributed by atoms with Crippen molar-refractivity contribution in [1.82, 2.24) is 9.80 Å². The maximum absolute atomic E-state index is 13.0. The second-order valence-electron chi connectivity index (χ2n) is 7.74. The van der Waals surface area contributed by atoms with Crippen LogP contribution in [0.25, 0.3) is 0 Å². The van der Waals surface area contributed by atoms with Crippen LogP contribution in [-0.4, -0.2) is 68.7 Å². The third-order valence-electron chi connectivity index (χ3n) is 5.33. The number of rotatable bonds is 9. The number of carbonyl (C=O) groups excluding carboxylic acids is 1. The van der Waals surface area contributed by atoms with Crippen molar-refractivity contribution in [3.63, 3.8) is 0 Å². The molecule has 1 saturated heterocycles. The number of hydrogen-bond donors (Lipinski definition) is 1. The first-order chi connectivity index (χ1) is 15.7. The normalized spacial score (nSPS) is 15.3. The number of halogens is 4. The maximum Gasteiger partial charge on any atom is 0.417 e. The Morgan fingerprint density at radius 1 is 1.03 bits per heavy atom. The molecule has 1 heterocycles. The van der Waals surface area contributed by atoms with Crippen molar-refractivity contribution in [3.05, 3.63) is 53.1 Å². The number of alkyl halides is 3. The van der Waals surface area contributed by atoms with E-state index in [0.29, 0.717) is 19.7 Å². The zero-order valence-corrected chi connectivity index (χ0v) is 19.1. The summed E-state index contributed by atoms with van der Waals surface area (Å²) in [7, 11) is 1.62. The molecular weight excluding hydrogens is 459 g/mol. The lowest BCUT2D eigenvalue weighted by Crippen LogP contribution is -2.48. The van der Waals surface area contributed by atoms with Crippen LogP contribution in [0.3, 0.4) is 0 Å². The summed E-state index contributed by atoms with van der Waals surface area (Å²) in [5.74, 6) is 1.23. The van der Waals surface area contributed by atoms with E-state index in [4.69, 9.17) is 21.1 Å². The molecule has 6 nitrogen and oxygen atoms in total. The highest BCUT2D eigenvalue weighted by Gasteiger charge is 2.33. The number of piperazine rings is 1. The highest BCUT2D eigenvalue weighted by atomic mass is 35.5. The van der Waals surface area contributed by atoms with E-state index in [9.17, 15) is 18.0 Å². The van der Waals surface area contributed by atoms with Gasteiger partial charge in [0.2, 0.25) is 5.91 Å². The molecule has 1 fully saturated rings. The van der Waals surface area contributed by atoms with Crippen molar-refractivity contribution in [2.45, 2.75) is 12.6 Å². The largest absolute Gasteiger partial charge is 0.497 e. The minimum atomic E-state index is -4.58. The van der Waals surface area contributed by atoms with Crippen LogP contribution >= 0.6 is 11.6 Å². The van der Waals surface area contributed by atoms with E-state index in [1.807, 2.05) is 29.2 Å². The number of benzene rings is 2. The molecule has 0 saturated carbocycles. The van der Waals surface area contributed by atoms with Crippen molar-refractivity contribution in [3.8, 4) is 11.5 Å². The number of amides is 1. The van der Waals surface area contributed by atoms with Gasteiger partial charge in [0.1, 0.15) is 11.5 Å². The van der Waals surface area contributed by atoms with E-state index >= 15 is 0 Å². The summed E-state index contributed by atoms with van der Waals surface area (Å²) in [6, 6.07) is 10.8. The Balaban J connectivity index is 1.35. The molecule has 0 atom stereocenters. The zero-order valence-electron chi connectivity index (χ0n) is 18.3. The molecule has 0 aliphatic carbocycles. The summed E-state index contributed by atoms with van der Waals surface area (Å²) in [5, 5.41) is 2.13. The predicted octanol–water partition coefficient (Wildman–Crippen LogP) is 4.39. The van der Waals surface area contributed by atoms with Gasteiger partial charge in [-0.15, -0.1) is 0 Å². The van der Waals surface area contributed by atoms with Gasteiger partial charge < -0.3 is 19.7 Å². The van der Waals surface area contributed by atoms with Gasteiger partial charge in [-0.3, -0.25) is 9.69 Å². The molecule has 2 aromatic rings. The van der Waals surface area contributed by atoms with Crippen LogP contribution in [0, 0.1) is 0 Å². The van der Waals surface area contributed by atoms with Gasteiger partial charge in [-0.05, 0) is 48.9 Å². The smallest absolute Gasteiger partial charge is 0.417 e. The van der Waals surface area contributed by atoms with Gasteiger partial charge >= 0.3 is 6.18 Å². The highest BCUT2D eigenvalue weighted by molar-refractivity contribution is 6.31. The Hall–Kier alpha value is -2.49. The van der Waals surface area contributed by atoms with Crippen molar-refractivity contribution < 1.29 is 27.4 Å². The van der Waals surface area contributed by atoms with Crippen LogP contribution < -0.4 is 14.8 Å². The number of carbonyl (C=O) groups is 1. The van der Waals surface area contributed by atoms with Crippen molar-refractivity contribution >= 4 is 23.2 Å². The minimum Gasteiger partial charge on any atom is -0.497 e. The maximum atomic E-state index is 13.0. The fraction of sp³-hybridized carbons (Fsp3) is 0.435. The van der Waals surface area contributed by atoms with E-state index in [1.165, 1.54) is 6.07 Å². The van der Waals surface area contributed by atoms with E-state index in [2.05, 4.69) is 10.2 Å². The Morgan fingerprint density at radius 2 is 1.67 bits per heavy atom.